The van der Waals surface area contributed by atoms with E-state index in [2.05, 4.69) is 5.43 Å². The van der Waals surface area contributed by atoms with Crippen LogP contribution in [0.3, 0.4) is 0 Å². The highest BCUT2D eigenvalue weighted by molar-refractivity contribution is 7.89. The summed E-state index contributed by atoms with van der Waals surface area (Å²) >= 11 is 0. The number of hydrogen-bond donors (Lipinski definition) is 3. The topological polar surface area (TPSA) is 139 Å². The van der Waals surface area contributed by atoms with Crippen molar-refractivity contribution in [1.82, 2.24) is 4.31 Å². The summed E-state index contributed by atoms with van der Waals surface area (Å²) in [6.45, 7) is 1.09. The number of aliphatic hydroxyl groups excluding tert-OH is 1. The normalized spacial score (nSPS) is 13.2. The second kappa shape index (κ2) is 6.13. The average molecular weight is 304 g/mol. The lowest BCUT2D eigenvalue weighted by atomic mass is 10.3. The number of sulfonamides is 1. The van der Waals surface area contributed by atoms with Crippen molar-refractivity contribution in [2.24, 2.45) is 5.84 Å². The van der Waals surface area contributed by atoms with Crippen LogP contribution < -0.4 is 11.3 Å². The molecule has 0 spiro atoms. The summed E-state index contributed by atoms with van der Waals surface area (Å²) in [5.41, 5.74) is 1.84. The molecule has 20 heavy (non-hydrogen) atoms. The largest absolute Gasteiger partial charge is 0.395 e. The zero-order chi connectivity index (χ0) is 15.5. The zero-order valence-electron chi connectivity index (χ0n) is 11.0. The van der Waals surface area contributed by atoms with Crippen LogP contribution in [0.4, 0.5) is 11.4 Å². The zero-order valence-corrected chi connectivity index (χ0v) is 11.8. The van der Waals surface area contributed by atoms with Gasteiger partial charge in [-0.2, -0.15) is 4.31 Å². The van der Waals surface area contributed by atoms with E-state index in [0.717, 1.165) is 16.4 Å². The summed E-state index contributed by atoms with van der Waals surface area (Å²) in [5.74, 6) is 5.14. The molecular formula is C10H16N4O5S. The Labute approximate surface area is 116 Å². The minimum atomic E-state index is -4.09. The summed E-state index contributed by atoms with van der Waals surface area (Å²) < 4.78 is 25.5. The van der Waals surface area contributed by atoms with Gasteiger partial charge in [-0.05, 0) is 19.1 Å². The first-order chi connectivity index (χ1) is 9.25. The van der Waals surface area contributed by atoms with Crippen molar-refractivity contribution in [3.05, 3.63) is 28.3 Å². The lowest BCUT2D eigenvalue weighted by Gasteiger charge is -2.22. The molecule has 0 saturated carbocycles. The van der Waals surface area contributed by atoms with Gasteiger partial charge in [0.2, 0.25) is 10.0 Å². The Balaban J connectivity index is 3.42. The first kappa shape index (κ1) is 16.3. The number of nitro benzene ring substituents is 1. The number of nitrogen functional groups attached to an aromatic ring is 1. The van der Waals surface area contributed by atoms with Crippen LogP contribution in [-0.4, -0.2) is 42.4 Å². The Hall–Kier alpha value is -1.75. The second-order valence-corrected chi connectivity index (χ2v) is 6.10. The van der Waals surface area contributed by atoms with Crippen molar-refractivity contribution in [3.63, 3.8) is 0 Å². The number of nitrogens with two attached hydrogens (primary N) is 1. The van der Waals surface area contributed by atoms with Gasteiger partial charge in [0, 0.05) is 19.2 Å². The molecule has 0 aliphatic carbocycles. The van der Waals surface area contributed by atoms with Crippen LogP contribution >= 0.6 is 0 Å². The molecule has 0 amide bonds. The standard InChI is InChI=1S/C10H16N4O5S/c1-7(6-15)13(2)20(18,19)10-4-3-8(12-11)5-9(10)14(16)17/h3-5,7,12,15H,6,11H2,1-2H3. The van der Waals surface area contributed by atoms with Crippen molar-refractivity contribution in [1.29, 1.82) is 0 Å². The van der Waals surface area contributed by atoms with Crippen molar-refractivity contribution in [2.75, 3.05) is 19.1 Å². The van der Waals surface area contributed by atoms with Crippen LogP contribution in [0.2, 0.25) is 0 Å². The Morgan fingerprint density at radius 2 is 2.15 bits per heavy atom. The second-order valence-electron chi connectivity index (χ2n) is 4.14. The number of likely N-dealkylation sites (N-methyl/N-ethyl adjacent to an activating group) is 1. The smallest absolute Gasteiger partial charge is 0.291 e. The monoisotopic (exact) mass is 304 g/mol. The highest BCUT2D eigenvalue weighted by Gasteiger charge is 2.32. The molecule has 1 aromatic rings. The minimum Gasteiger partial charge on any atom is -0.395 e. The van der Waals surface area contributed by atoms with Crippen LogP contribution in [0, 0.1) is 10.1 Å². The predicted octanol–water partition coefficient (Wildman–Crippen LogP) is -0.118. The molecule has 1 unspecified atom stereocenters. The van der Waals surface area contributed by atoms with E-state index in [1.54, 1.807) is 0 Å². The van der Waals surface area contributed by atoms with E-state index in [1.165, 1.54) is 20.0 Å². The van der Waals surface area contributed by atoms with Crippen LogP contribution in [0.25, 0.3) is 0 Å². The first-order valence-corrected chi connectivity index (χ1v) is 7.03. The number of rotatable bonds is 6. The number of aliphatic hydroxyl groups is 1. The lowest BCUT2D eigenvalue weighted by Crippen LogP contribution is -2.37. The summed E-state index contributed by atoms with van der Waals surface area (Å²) in [5, 5.41) is 20.0. The maximum absolute atomic E-state index is 12.3. The van der Waals surface area contributed by atoms with Crippen LogP contribution in [0.15, 0.2) is 23.1 Å². The van der Waals surface area contributed by atoms with E-state index in [0.29, 0.717) is 0 Å². The third-order valence-electron chi connectivity index (χ3n) is 2.86. The van der Waals surface area contributed by atoms with Gasteiger partial charge in [-0.3, -0.25) is 16.0 Å². The number of hydrogen-bond acceptors (Lipinski definition) is 7. The maximum Gasteiger partial charge on any atom is 0.291 e. The molecule has 0 bridgehead atoms. The molecule has 4 N–H and O–H groups in total. The van der Waals surface area contributed by atoms with Gasteiger partial charge >= 0.3 is 0 Å². The Bertz CT molecular complexity index is 604. The molecule has 0 heterocycles. The first-order valence-electron chi connectivity index (χ1n) is 5.59. The highest BCUT2D eigenvalue weighted by atomic mass is 32.2. The molecule has 0 radical (unpaired) electrons. The Morgan fingerprint density at radius 3 is 2.60 bits per heavy atom. The van der Waals surface area contributed by atoms with Gasteiger partial charge in [0.15, 0.2) is 4.90 Å². The summed E-state index contributed by atoms with van der Waals surface area (Å²) in [4.78, 5) is 9.75. The van der Waals surface area contributed by atoms with Gasteiger partial charge < -0.3 is 10.5 Å². The van der Waals surface area contributed by atoms with E-state index in [-0.39, 0.29) is 5.69 Å². The van der Waals surface area contributed by atoms with Crippen molar-refractivity contribution in [2.45, 2.75) is 17.9 Å². The fourth-order valence-electron chi connectivity index (χ4n) is 1.47. The minimum absolute atomic E-state index is 0.216. The molecule has 1 rings (SSSR count). The van der Waals surface area contributed by atoms with E-state index >= 15 is 0 Å². The summed E-state index contributed by atoms with van der Waals surface area (Å²) in [6.07, 6.45) is 0. The van der Waals surface area contributed by atoms with Crippen molar-refractivity contribution < 1.29 is 18.4 Å². The molecule has 0 saturated heterocycles. The van der Waals surface area contributed by atoms with Gasteiger partial charge in [-0.1, -0.05) is 0 Å². The third kappa shape index (κ3) is 3.04. The van der Waals surface area contributed by atoms with Gasteiger partial charge in [-0.15, -0.1) is 0 Å². The van der Waals surface area contributed by atoms with Crippen LogP contribution in [0.1, 0.15) is 6.92 Å². The van der Waals surface area contributed by atoms with Gasteiger partial charge in [0.25, 0.3) is 5.69 Å². The molecule has 0 fully saturated rings. The molecule has 112 valence electrons. The maximum atomic E-state index is 12.3. The van der Waals surface area contributed by atoms with E-state index in [9.17, 15) is 18.5 Å². The van der Waals surface area contributed by atoms with E-state index in [4.69, 9.17) is 10.9 Å². The quantitative estimate of drug-likeness (QED) is 0.378. The fraction of sp³-hybridized carbons (Fsp3) is 0.400. The number of hydrazine groups is 1. The number of benzene rings is 1. The molecule has 9 nitrogen and oxygen atoms in total. The number of anilines is 1. The highest BCUT2D eigenvalue weighted by Crippen LogP contribution is 2.29. The molecule has 0 aromatic heterocycles. The lowest BCUT2D eigenvalue weighted by molar-refractivity contribution is -0.387. The average Bonchev–Trinajstić information content (AvgIpc) is 2.44. The fourth-order valence-corrected chi connectivity index (χ4v) is 2.96. The van der Waals surface area contributed by atoms with Crippen LogP contribution in [0.5, 0.6) is 0 Å². The molecule has 1 aromatic carbocycles. The molecular weight excluding hydrogens is 288 g/mol. The van der Waals surface area contributed by atoms with E-state index in [1.807, 2.05) is 0 Å². The third-order valence-corrected chi connectivity index (χ3v) is 4.88. The predicted molar refractivity (Wildman–Crippen MR) is 72.4 cm³/mol. The SMILES string of the molecule is CC(CO)N(C)S(=O)(=O)c1ccc(NN)cc1[N+](=O)[O-]. The van der Waals surface area contributed by atoms with Crippen LogP contribution in [-0.2, 0) is 10.0 Å². The Kier molecular flexibility index (Phi) is 5.00. The number of nitrogens with one attached hydrogen (secondary N) is 1. The summed E-state index contributed by atoms with van der Waals surface area (Å²) in [7, 11) is -2.84. The Morgan fingerprint density at radius 1 is 1.55 bits per heavy atom. The van der Waals surface area contributed by atoms with E-state index < -0.39 is 38.2 Å². The summed E-state index contributed by atoms with van der Waals surface area (Å²) in [6, 6.07) is 2.75. The van der Waals surface area contributed by atoms with Crippen molar-refractivity contribution in [3.8, 4) is 0 Å². The molecule has 10 heteroatoms. The van der Waals surface area contributed by atoms with Crippen molar-refractivity contribution >= 4 is 21.4 Å². The molecule has 1 atom stereocenters. The van der Waals surface area contributed by atoms with Gasteiger partial charge in [0.05, 0.1) is 17.2 Å². The molecule has 0 aliphatic heterocycles. The number of nitrogens with zero attached hydrogens (tertiary/aromatic N) is 2. The van der Waals surface area contributed by atoms with Gasteiger partial charge in [0.1, 0.15) is 0 Å². The molecule has 0 aliphatic rings. The van der Waals surface area contributed by atoms with Gasteiger partial charge in [-0.25, -0.2) is 8.42 Å². The number of nitro groups is 1.